The van der Waals surface area contributed by atoms with E-state index < -0.39 is 0 Å². The highest BCUT2D eigenvalue weighted by atomic mass is 32.1. The van der Waals surface area contributed by atoms with Crippen LogP contribution in [0.4, 0.5) is 0 Å². The minimum atomic E-state index is 0.260. The summed E-state index contributed by atoms with van der Waals surface area (Å²) in [4.78, 5) is 27.5. The van der Waals surface area contributed by atoms with E-state index in [1.165, 1.54) is 23.3 Å². The van der Waals surface area contributed by atoms with Gasteiger partial charge in [-0.15, -0.1) is 11.3 Å². The summed E-state index contributed by atoms with van der Waals surface area (Å²) in [7, 11) is 1.90. The number of nitrogens with one attached hydrogen (secondary N) is 1. The van der Waals surface area contributed by atoms with Crippen LogP contribution >= 0.6 is 11.3 Å². The molecule has 1 aliphatic carbocycles. The molecule has 1 N–H and O–H groups in total. The zero-order chi connectivity index (χ0) is 23.1. The minimum Gasteiger partial charge on any atom is -0.339 e. The van der Waals surface area contributed by atoms with Gasteiger partial charge >= 0.3 is 0 Å². The molecule has 0 radical (unpaired) electrons. The normalized spacial score (nSPS) is 13.3. The second-order valence-electron chi connectivity index (χ2n) is 8.96. The van der Waals surface area contributed by atoms with Gasteiger partial charge in [0.1, 0.15) is 12.0 Å². The zero-order valence-corrected chi connectivity index (χ0v) is 19.9. The molecule has 0 unspecified atom stereocenters. The van der Waals surface area contributed by atoms with Gasteiger partial charge in [-0.05, 0) is 55.4 Å². The lowest BCUT2D eigenvalue weighted by molar-refractivity contribution is 0.0986. The van der Waals surface area contributed by atoms with Crippen LogP contribution in [0.15, 0.2) is 55.1 Å². The molecule has 34 heavy (non-hydrogen) atoms. The number of aromatic amines is 1. The van der Waals surface area contributed by atoms with Gasteiger partial charge < -0.3 is 4.98 Å². The number of fused-ring (bicyclic) bond motifs is 2. The van der Waals surface area contributed by atoms with E-state index in [4.69, 9.17) is 0 Å². The lowest BCUT2D eigenvalue weighted by Gasteiger charge is -2.08. The van der Waals surface area contributed by atoms with Gasteiger partial charge in [-0.25, -0.2) is 9.97 Å². The highest BCUT2D eigenvalue weighted by Gasteiger charge is 2.17. The first-order valence-electron chi connectivity index (χ1n) is 11.7. The van der Waals surface area contributed by atoms with E-state index >= 15 is 0 Å². The van der Waals surface area contributed by atoms with Gasteiger partial charge in [0, 0.05) is 41.1 Å². The molecule has 1 aliphatic rings. The average Bonchev–Trinajstić information content (AvgIpc) is 3.60. The number of thiophene rings is 1. The molecule has 7 heteroatoms. The van der Waals surface area contributed by atoms with E-state index in [0.717, 1.165) is 63.3 Å². The van der Waals surface area contributed by atoms with Crippen LogP contribution in [-0.2, 0) is 26.3 Å². The van der Waals surface area contributed by atoms with Crippen molar-refractivity contribution in [1.82, 2.24) is 24.7 Å². The van der Waals surface area contributed by atoms with E-state index in [-0.39, 0.29) is 5.78 Å². The lowest BCUT2D eigenvalue weighted by atomic mass is 9.98. The van der Waals surface area contributed by atoms with Crippen molar-refractivity contribution in [3.63, 3.8) is 0 Å². The third-order valence-electron chi connectivity index (χ3n) is 6.58. The standard InChI is InChI=1S/C27H25N5OS/c1-32-15-20(14-30-32)22-13-21-26(28-16-29-27(21)31-22)18-9-6-17(7-10-18)8-11-23(33)25-12-19-4-2-3-5-24(19)34-25/h6-7,9-10,12-16H,2-5,8,11H2,1H3,(H,28,29,31). The van der Waals surface area contributed by atoms with E-state index in [0.29, 0.717) is 6.42 Å². The van der Waals surface area contributed by atoms with Crippen molar-refractivity contribution in [2.45, 2.75) is 38.5 Å². The largest absolute Gasteiger partial charge is 0.339 e. The summed E-state index contributed by atoms with van der Waals surface area (Å²) in [6.45, 7) is 0. The Kier molecular flexibility index (Phi) is 5.34. The number of hydrogen-bond acceptors (Lipinski definition) is 5. The Hall–Kier alpha value is -3.58. The molecule has 6 nitrogen and oxygen atoms in total. The Labute approximate surface area is 201 Å². The number of carbonyl (C=O) groups is 1. The first-order valence-corrected chi connectivity index (χ1v) is 12.5. The first-order chi connectivity index (χ1) is 16.6. The van der Waals surface area contributed by atoms with Crippen LogP contribution in [0.2, 0.25) is 0 Å². The van der Waals surface area contributed by atoms with Crippen molar-refractivity contribution in [1.29, 1.82) is 0 Å². The van der Waals surface area contributed by atoms with Crippen LogP contribution in [0.3, 0.4) is 0 Å². The molecule has 6 rings (SSSR count). The number of aromatic nitrogens is 5. The monoisotopic (exact) mass is 467 g/mol. The number of H-pyrrole nitrogens is 1. The molecule has 0 spiro atoms. The zero-order valence-electron chi connectivity index (χ0n) is 19.0. The molecule has 4 aromatic heterocycles. The van der Waals surface area contributed by atoms with Gasteiger partial charge in [0.2, 0.25) is 0 Å². The third-order valence-corrected chi connectivity index (χ3v) is 7.86. The molecule has 0 aliphatic heterocycles. The number of ketones is 1. The Morgan fingerprint density at radius 2 is 1.94 bits per heavy atom. The molecule has 4 heterocycles. The number of carbonyl (C=O) groups excluding carboxylic acids is 1. The molecule has 1 aromatic carbocycles. The predicted octanol–water partition coefficient (Wildman–Crippen LogP) is 5.78. The smallest absolute Gasteiger partial charge is 0.173 e. The van der Waals surface area contributed by atoms with Crippen molar-refractivity contribution in [2.75, 3.05) is 0 Å². The number of nitrogens with zero attached hydrogens (tertiary/aromatic N) is 4. The van der Waals surface area contributed by atoms with E-state index in [9.17, 15) is 4.79 Å². The molecular weight excluding hydrogens is 442 g/mol. The Morgan fingerprint density at radius 3 is 2.74 bits per heavy atom. The van der Waals surface area contributed by atoms with Gasteiger partial charge in [-0.3, -0.25) is 9.48 Å². The molecule has 0 bridgehead atoms. The number of rotatable bonds is 6. The van der Waals surface area contributed by atoms with Crippen molar-refractivity contribution in [2.24, 2.45) is 7.05 Å². The van der Waals surface area contributed by atoms with E-state index in [1.54, 1.807) is 22.3 Å². The van der Waals surface area contributed by atoms with Crippen LogP contribution in [0.5, 0.6) is 0 Å². The van der Waals surface area contributed by atoms with Crippen molar-refractivity contribution >= 4 is 28.2 Å². The fourth-order valence-corrected chi connectivity index (χ4v) is 5.95. The van der Waals surface area contributed by atoms with E-state index in [2.05, 4.69) is 56.4 Å². The quantitative estimate of drug-likeness (QED) is 0.321. The number of benzene rings is 1. The van der Waals surface area contributed by atoms with Crippen LogP contribution in [-0.4, -0.2) is 30.5 Å². The summed E-state index contributed by atoms with van der Waals surface area (Å²) >= 11 is 1.71. The van der Waals surface area contributed by atoms with Crippen molar-refractivity contribution < 1.29 is 4.79 Å². The maximum atomic E-state index is 12.8. The molecular formula is C27H25N5OS. The van der Waals surface area contributed by atoms with Gasteiger partial charge in [0.25, 0.3) is 0 Å². The summed E-state index contributed by atoms with van der Waals surface area (Å²) in [5.74, 6) is 0.260. The number of hydrogen-bond donors (Lipinski definition) is 1. The van der Waals surface area contributed by atoms with Crippen LogP contribution in [0.1, 0.15) is 44.9 Å². The molecule has 0 amide bonds. The minimum absolute atomic E-state index is 0.260. The topological polar surface area (TPSA) is 76.5 Å². The van der Waals surface area contributed by atoms with Gasteiger partial charge in [-0.1, -0.05) is 24.3 Å². The first kappa shape index (κ1) is 21.0. The Morgan fingerprint density at radius 1 is 1.09 bits per heavy atom. The Bertz CT molecular complexity index is 1470. The van der Waals surface area contributed by atoms with Crippen LogP contribution in [0, 0.1) is 0 Å². The summed E-state index contributed by atoms with van der Waals surface area (Å²) in [5.41, 5.74) is 7.27. The number of aryl methyl sites for hydroxylation is 4. The predicted molar refractivity (Wildman–Crippen MR) is 135 cm³/mol. The second kappa shape index (κ2) is 8.65. The molecule has 0 saturated heterocycles. The average molecular weight is 468 g/mol. The summed E-state index contributed by atoms with van der Waals surface area (Å²) in [6, 6.07) is 12.6. The summed E-state index contributed by atoms with van der Waals surface area (Å²) in [6.07, 6.45) is 11.4. The van der Waals surface area contributed by atoms with Gasteiger partial charge in [0.15, 0.2) is 5.78 Å². The van der Waals surface area contributed by atoms with Crippen LogP contribution in [0.25, 0.3) is 33.5 Å². The van der Waals surface area contributed by atoms with Gasteiger partial charge in [0.05, 0.1) is 22.5 Å². The summed E-state index contributed by atoms with van der Waals surface area (Å²) < 4.78 is 1.78. The molecule has 5 aromatic rings. The SMILES string of the molecule is Cn1cc(-c2cc3c(-c4ccc(CCC(=O)c5cc6c(s5)CCCC6)cc4)ncnc3[nH]2)cn1. The molecule has 0 saturated carbocycles. The maximum Gasteiger partial charge on any atom is 0.173 e. The lowest BCUT2D eigenvalue weighted by Crippen LogP contribution is -1.99. The number of Topliss-reactive ketones (excluding diaryl/α,β-unsaturated/α-hetero) is 1. The maximum absolute atomic E-state index is 12.8. The van der Waals surface area contributed by atoms with Gasteiger partial charge in [-0.2, -0.15) is 5.10 Å². The molecule has 170 valence electrons. The Balaban J connectivity index is 1.19. The highest BCUT2D eigenvalue weighted by molar-refractivity contribution is 7.14. The van der Waals surface area contributed by atoms with E-state index in [1.807, 2.05) is 19.4 Å². The fraction of sp³-hybridized carbons (Fsp3) is 0.259. The summed E-state index contributed by atoms with van der Waals surface area (Å²) in [5, 5.41) is 5.23. The third kappa shape index (κ3) is 3.96. The highest BCUT2D eigenvalue weighted by Crippen LogP contribution is 2.32. The van der Waals surface area contributed by atoms with Crippen molar-refractivity contribution in [3.8, 4) is 22.5 Å². The fourth-order valence-electron chi connectivity index (χ4n) is 4.72. The van der Waals surface area contributed by atoms with Crippen LogP contribution < -0.4 is 0 Å². The van der Waals surface area contributed by atoms with Crippen molar-refractivity contribution in [3.05, 3.63) is 76.0 Å². The molecule has 0 atom stereocenters. The molecule has 0 fully saturated rings. The second-order valence-corrected chi connectivity index (χ2v) is 10.1.